The standard InChI is InChI=1S/C18H14BrF3N2O2/c19-13-6-5-7-14(12-13)26-11-4-3-10-23-17(25)24-16-9-2-1-8-15(16)18(20,21)22/h1-2,5-9,12H,10-11H2,(H2,23,24,25). The van der Waals surface area contributed by atoms with Crippen molar-refractivity contribution in [3.8, 4) is 17.6 Å². The van der Waals surface area contributed by atoms with Gasteiger partial charge in [0, 0.05) is 4.47 Å². The minimum atomic E-state index is -4.55. The van der Waals surface area contributed by atoms with Crippen molar-refractivity contribution in [3.63, 3.8) is 0 Å². The molecule has 0 heterocycles. The molecule has 0 saturated heterocycles. The summed E-state index contributed by atoms with van der Waals surface area (Å²) < 4.78 is 44.8. The summed E-state index contributed by atoms with van der Waals surface area (Å²) in [6, 6.07) is 11.2. The maximum atomic E-state index is 12.8. The van der Waals surface area contributed by atoms with E-state index in [4.69, 9.17) is 4.74 Å². The Morgan fingerprint density at radius 3 is 2.62 bits per heavy atom. The van der Waals surface area contributed by atoms with E-state index in [1.165, 1.54) is 18.2 Å². The molecule has 2 aromatic carbocycles. The zero-order chi connectivity index (χ0) is 19.0. The number of para-hydroxylation sites is 1. The van der Waals surface area contributed by atoms with Crippen molar-refractivity contribution in [2.75, 3.05) is 18.5 Å². The van der Waals surface area contributed by atoms with Crippen LogP contribution in [0, 0.1) is 11.8 Å². The van der Waals surface area contributed by atoms with Crippen molar-refractivity contribution in [1.29, 1.82) is 0 Å². The Bertz CT molecular complexity index is 829. The van der Waals surface area contributed by atoms with Gasteiger partial charge in [0.05, 0.1) is 17.8 Å². The minimum absolute atomic E-state index is 0.0259. The zero-order valence-corrected chi connectivity index (χ0v) is 14.9. The number of carbonyl (C=O) groups is 1. The van der Waals surface area contributed by atoms with E-state index in [0.29, 0.717) is 5.75 Å². The molecule has 0 aromatic heterocycles. The number of alkyl halides is 3. The molecule has 2 amide bonds. The normalized spacial score (nSPS) is 10.5. The third-order valence-corrected chi connectivity index (χ3v) is 3.54. The molecule has 0 unspecified atom stereocenters. The van der Waals surface area contributed by atoms with Crippen LogP contribution in [0.2, 0.25) is 0 Å². The molecule has 0 aliphatic rings. The molecular formula is C18H14BrF3N2O2. The molecular weight excluding hydrogens is 413 g/mol. The SMILES string of the molecule is O=C(NCC#CCOc1cccc(Br)c1)Nc1ccccc1C(F)(F)F. The lowest BCUT2D eigenvalue weighted by atomic mass is 10.1. The largest absolute Gasteiger partial charge is 0.481 e. The van der Waals surface area contributed by atoms with E-state index in [1.807, 2.05) is 12.1 Å². The summed E-state index contributed by atoms with van der Waals surface area (Å²) in [6.45, 7) is 0.0958. The summed E-state index contributed by atoms with van der Waals surface area (Å²) in [4.78, 5) is 11.7. The smallest absolute Gasteiger partial charge is 0.418 e. The summed E-state index contributed by atoms with van der Waals surface area (Å²) in [7, 11) is 0. The van der Waals surface area contributed by atoms with Crippen molar-refractivity contribution < 1.29 is 22.7 Å². The van der Waals surface area contributed by atoms with E-state index in [0.717, 1.165) is 10.5 Å². The average Bonchev–Trinajstić information content (AvgIpc) is 2.57. The fraction of sp³-hybridized carbons (Fsp3) is 0.167. The molecule has 0 bridgehead atoms. The third-order valence-electron chi connectivity index (χ3n) is 3.05. The van der Waals surface area contributed by atoms with Crippen LogP contribution in [0.15, 0.2) is 53.0 Å². The molecule has 0 fully saturated rings. The highest BCUT2D eigenvalue weighted by molar-refractivity contribution is 9.10. The van der Waals surface area contributed by atoms with Gasteiger partial charge in [-0.3, -0.25) is 0 Å². The molecule has 2 aromatic rings. The van der Waals surface area contributed by atoms with Crippen LogP contribution in [-0.4, -0.2) is 19.2 Å². The maximum absolute atomic E-state index is 12.8. The lowest BCUT2D eigenvalue weighted by molar-refractivity contribution is -0.136. The molecule has 8 heteroatoms. The quantitative estimate of drug-likeness (QED) is 0.697. The second-order valence-corrected chi connectivity index (χ2v) is 5.87. The summed E-state index contributed by atoms with van der Waals surface area (Å²) in [5.41, 5.74) is -1.23. The van der Waals surface area contributed by atoms with Gasteiger partial charge in [-0.2, -0.15) is 13.2 Å². The Labute approximate surface area is 156 Å². The summed E-state index contributed by atoms with van der Waals surface area (Å²) >= 11 is 3.32. The van der Waals surface area contributed by atoms with Crippen LogP contribution >= 0.6 is 15.9 Å². The van der Waals surface area contributed by atoms with E-state index in [2.05, 4.69) is 38.4 Å². The van der Waals surface area contributed by atoms with Crippen LogP contribution < -0.4 is 15.4 Å². The molecule has 4 nitrogen and oxygen atoms in total. The number of rotatable bonds is 4. The van der Waals surface area contributed by atoms with Crippen molar-refractivity contribution in [1.82, 2.24) is 5.32 Å². The lowest BCUT2D eigenvalue weighted by Gasteiger charge is -2.13. The van der Waals surface area contributed by atoms with Crippen molar-refractivity contribution in [2.45, 2.75) is 6.18 Å². The first-order valence-corrected chi connectivity index (χ1v) is 8.21. The van der Waals surface area contributed by atoms with E-state index in [-0.39, 0.29) is 18.8 Å². The maximum Gasteiger partial charge on any atom is 0.418 e. The fourth-order valence-corrected chi connectivity index (χ4v) is 2.30. The predicted molar refractivity (Wildman–Crippen MR) is 95.9 cm³/mol. The number of amides is 2. The Morgan fingerprint density at radius 2 is 1.88 bits per heavy atom. The van der Waals surface area contributed by atoms with Crippen LogP contribution in [0.25, 0.3) is 0 Å². The van der Waals surface area contributed by atoms with Crippen molar-refractivity contribution >= 4 is 27.6 Å². The first kappa shape index (κ1) is 19.7. The number of benzene rings is 2. The van der Waals surface area contributed by atoms with Gasteiger partial charge >= 0.3 is 12.2 Å². The number of anilines is 1. The number of nitrogens with one attached hydrogen (secondary N) is 2. The van der Waals surface area contributed by atoms with Gasteiger partial charge in [0.25, 0.3) is 0 Å². The topological polar surface area (TPSA) is 50.4 Å². The minimum Gasteiger partial charge on any atom is -0.481 e. The van der Waals surface area contributed by atoms with E-state index in [9.17, 15) is 18.0 Å². The summed E-state index contributed by atoms with van der Waals surface area (Å²) in [6.07, 6.45) is -4.55. The summed E-state index contributed by atoms with van der Waals surface area (Å²) in [5.74, 6) is 5.99. The van der Waals surface area contributed by atoms with Gasteiger partial charge in [0.2, 0.25) is 0 Å². The number of hydrogen-bond donors (Lipinski definition) is 2. The number of halogens is 4. The Morgan fingerprint density at radius 1 is 1.12 bits per heavy atom. The zero-order valence-electron chi connectivity index (χ0n) is 13.4. The first-order valence-electron chi connectivity index (χ1n) is 7.41. The molecule has 2 rings (SSSR count). The molecule has 2 N–H and O–H groups in total. The fourth-order valence-electron chi connectivity index (χ4n) is 1.92. The van der Waals surface area contributed by atoms with E-state index >= 15 is 0 Å². The molecule has 26 heavy (non-hydrogen) atoms. The van der Waals surface area contributed by atoms with Gasteiger partial charge in [-0.05, 0) is 30.3 Å². The van der Waals surface area contributed by atoms with Gasteiger partial charge < -0.3 is 15.4 Å². The van der Waals surface area contributed by atoms with Gasteiger partial charge in [-0.1, -0.05) is 46.0 Å². The highest BCUT2D eigenvalue weighted by Crippen LogP contribution is 2.34. The first-order chi connectivity index (χ1) is 12.4. The van der Waals surface area contributed by atoms with Gasteiger partial charge in [0.15, 0.2) is 0 Å². The molecule has 0 radical (unpaired) electrons. The van der Waals surface area contributed by atoms with Crippen molar-refractivity contribution in [2.24, 2.45) is 0 Å². The Balaban J connectivity index is 1.78. The molecule has 0 spiro atoms. The molecule has 0 saturated carbocycles. The highest BCUT2D eigenvalue weighted by atomic mass is 79.9. The second-order valence-electron chi connectivity index (χ2n) is 4.95. The number of urea groups is 1. The number of carbonyl (C=O) groups excluding carboxylic acids is 1. The Kier molecular flexibility index (Phi) is 6.92. The van der Waals surface area contributed by atoms with Crippen LogP contribution in [0.4, 0.5) is 23.7 Å². The van der Waals surface area contributed by atoms with Crippen LogP contribution in [0.5, 0.6) is 5.75 Å². The van der Waals surface area contributed by atoms with Gasteiger partial charge in [-0.25, -0.2) is 4.79 Å². The van der Waals surface area contributed by atoms with Gasteiger partial charge in [0.1, 0.15) is 12.4 Å². The average molecular weight is 427 g/mol. The number of hydrogen-bond acceptors (Lipinski definition) is 2. The van der Waals surface area contributed by atoms with Gasteiger partial charge in [-0.15, -0.1) is 0 Å². The van der Waals surface area contributed by atoms with E-state index < -0.39 is 17.8 Å². The third kappa shape index (κ3) is 6.33. The molecule has 0 atom stereocenters. The number of ether oxygens (including phenoxy) is 1. The van der Waals surface area contributed by atoms with Crippen LogP contribution in [-0.2, 0) is 6.18 Å². The molecule has 136 valence electrons. The summed E-state index contributed by atoms with van der Waals surface area (Å²) in [5, 5.41) is 4.53. The molecule has 0 aliphatic carbocycles. The lowest BCUT2D eigenvalue weighted by Crippen LogP contribution is -2.30. The second kappa shape index (κ2) is 9.15. The highest BCUT2D eigenvalue weighted by Gasteiger charge is 2.33. The van der Waals surface area contributed by atoms with Crippen molar-refractivity contribution in [3.05, 3.63) is 58.6 Å². The van der Waals surface area contributed by atoms with E-state index in [1.54, 1.807) is 12.1 Å². The van der Waals surface area contributed by atoms with Crippen LogP contribution in [0.1, 0.15) is 5.56 Å². The monoisotopic (exact) mass is 426 g/mol. The Hall–Kier alpha value is -2.66. The van der Waals surface area contributed by atoms with Crippen LogP contribution in [0.3, 0.4) is 0 Å². The molecule has 0 aliphatic heterocycles. The predicted octanol–water partition coefficient (Wildman–Crippen LogP) is 4.67.